The van der Waals surface area contributed by atoms with Gasteiger partial charge in [-0.05, 0) is 31.2 Å². The monoisotopic (exact) mass is 242 g/mol. The van der Waals surface area contributed by atoms with Gasteiger partial charge in [0.15, 0.2) is 0 Å². The standard InChI is InChI=1S/C15H18N2O/c1-2-5-17-8-12-10-18-15-4-3-11(7-16)6-13(15)14(12)9-17/h3-4,6,12,14H,2,5,8-10H2,1H3/t12-,14+/m0/s1. The number of hydrogen-bond donors (Lipinski definition) is 0. The van der Waals surface area contributed by atoms with Gasteiger partial charge in [-0.2, -0.15) is 5.26 Å². The summed E-state index contributed by atoms with van der Waals surface area (Å²) in [7, 11) is 0. The molecule has 1 aromatic rings. The highest BCUT2D eigenvalue weighted by atomic mass is 16.5. The Labute approximate surface area is 108 Å². The molecule has 2 aliphatic heterocycles. The fourth-order valence-corrected chi connectivity index (χ4v) is 3.22. The summed E-state index contributed by atoms with van der Waals surface area (Å²) in [6.45, 7) is 6.46. The van der Waals surface area contributed by atoms with Crippen LogP contribution in [-0.4, -0.2) is 31.1 Å². The Hall–Kier alpha value is -1.53. The zero-order valence-electron chi connectivity index (χ0n) is 10.7. The van der Waals surface area contributed by atoms with Crippen molar-refractivity contribution >= 4 is 0 Å². The van der Waals surface area contributed by atoms with E-state index in [1.165, 1.54) is 18.5 Å². The molecule has 94 valence electrons. The minimum Gasteiger partial charge on any atom is -0.493 e. The molecule has 0 amide bonds. The lowest BCUT2D eigenvalue weighted by Gasteiger charge is -2.27. The minimum absolute atomic E-state index is 0.550. The summed E-state index contributed by atoms with van der Waals surface area (Å²) in [6.07, 6.45) is 1.20. The molecule has 0 saturated carbocycles. The minimum atomic E-state index is 0.550. The second-order valence-electron chi connectivity index (χ2n) is 5.30. The number of ether oxygens (including phenoxy) is 1. The molecule has 0 spiro atoms. The molecule has 3 nitrogen and oxygen atoms in total. The SMILES string of the molecule is CCCN1C[C@H]2COc3ccc(C#N)cc3[C@@H]2C1. The van der Waals surface area contributed by atoms with Crippen LogP contribution in [0.4, 0.5) is 0 Å². The average molecular weight is 242 g/mol. The predicted octanol–water partition coefficient (Wildman–Crippen LogP) is 2.38. The second-order valence-corrected chi connectivity index (χ2v) is 5.30. The molecule has 0 N–H and O–H groups in total. The van der Waals surface area contributed by atoms with Crippen molar-refractivity contribution in [1.82, 2.24) is 4.90 Å². The van der Waals surface area contributed by atoms with Gasteiger partial charge in [-0.1, -0.05) is 6.92 Å². The Balaban J connectivity index is 1.90. The van der Waals surface area contributed by atoms with Crippen molar-refractivity contribution in [2.24, 2.45) is 5.92 Å². The highest BCUT2D eigenvalue weighted by Gasteiger charge is 2.38. The van der Waals surface area contributed by atoms with Crippen LogP contribution in [0.15, 0.2) is 18.2 Å². The zero-order chi connectivity index (χ0) is 12.5. The van der Waals surface area contributed by atoms with E-state index in [-0.39, 0.29) is 0 Å². The van der Waals surface area contributed by atoms with E-state index in [2.05, 4.69) is 17.9 Å². The quantitative estimate of drug-likeness (QED) is 0.799. The normalized spacial score (nSPS) is 26.0. The Morgan fingerprint density at radius 2 is 2.33 bits per heavy atom. The van der Waals surface area contributed by atoms with Crippen molar-refractivity contribution in [3.63, 3.8) is 0 Å². The number of rotatable bonds is 2. The molecule has 0 unspecified atom stereocenters. The summed E-state index contributed by atoms with van der Waals surface area (Å²) < 4.78 is 5.83. The highest BCUT2D eigenvalue weighted by molar-refractivity contribution is 5.46. The summed E-state index contributed by atoms with van der Waals surface area (Å²) in [5, 5.41) is 9.01. The molecule has 0 aromatic heterocycles. The molecule has 2 atom stereocenters. The van der Waals surface area contributed by atoms with Crippen molar-refractivity contribution in [2.75, 3.05) is 26.2 Å². The third-order valence-electron chi connectivity index (χ3n) is 4.05. The van der Waals surface area contributed by atoms with Crippen molar-refractivity contribution in [3.8, 4) is 11.8 Å². The van der Waals surface area contributed by atoms with Crippen LogP contribution in [0.2, 0.25) is 0 Å². The number of hydrogen-bond acceptors (Lipinski definition) is 3. The Morgan fingerprint density at radius 1 is 1.44 bits per heavy atom. The molecule has 3 heteroatoms. The van der Waals surface area contributed by atoms with E-state index in [1.54, 1.807) is 0 Å². The van der Waals surface area contributed by atoms with E-state index >= 15 is 0 Å². The summed E-state index contributed by atoms with van der Waals surface area (Å²) >= 11 is 0. The van der Waals surface area contributed by atoms with Gasteiger partial charge in [0.2, 0.25) is 0 Å². The average Bonchev–Trinajstić information content (AvgIpc) is 2.81. The fraction of sp³-hybridized carbons (Fsp3) is 0.533. The summed E-state index contributed by atoms with van der Waals surface area (Å²) in [6, 6.07) is 8.04. The maximum Gasteiger partial charge on any atom is 0.122 e. The second kappa shape index (κ2) is 4.62. The van der Waals surface area contributed by atoms with Crippen molar-refractivity contribution in [3.05, 3.63) is 29.3 Å². The number of benzene rings is 1. The van der Waals surface area contributed by atoms with Crippen LogP contribution in [0.5, 0.6) is 5.75 Å². The van der Waals surface area contributed by atoms with Gasteiger partial charge in [-0.25, -0.2) is 0 Å². The van der Waals surface area contributed by atoms with Gasteiger partial charge in [0.1, 0.15) is 5.75 Å². The van der Waals surface area contributed by atoms with Gasteiger partial charge in [-0.3, -0.25) is 0 Å². The number of likely N-dealkylation sites (tertiary alicyclic amines) is 1. The third kappa shape index (κ3) is 1.87. The van der Waals surface area contributed by atoms with Gasteiger partial charge in [0, 0.05) is 30.5 Å². The summed E-state index contributed by atoms with van der Waals surface area (Å²) in [4.78, 5) is 2.52. The van der Waals surface area contributed by atoms with Crippen LogP contribution in [-0.2, 0) is 0 Å². The van der Waals surface area contributed by atoms with E-state index in [1.807, 2.05) is 18.2 Å². The van der Waals surface area contributed by atoms with Gasteiger partial charge in [0.25, 0.3) is 0 Å². The number of fused-ring (bicyclic) bond motifs is 3. The first kappa shape index (κ1) is 11.6. The molecular weight excluding hydrogens is 224 g/mol. The lowest BCUT2D eigenvalue weighted by atomic mass is 9.86. The molecule has 1 fully saturated rings. The smallest absolute Gasteiger partial charge is 0.122 e. The van der Waals surface area contributed by atoms with Crippen LogP contribution in [0, 0.1) is 17.2 Å². The first-order valence-electron chi connectivity index (χ1n) is 6.71. The van der Waals surface area contributed by atoms with Gasteiger partial charge < -0.3 is 9.64 Å². The lowest BCUT2D eigenvalue weighted by Crippen LogP contribution is -2.25. The first-order chi connectivity index (χ1) is 8.81. The van der Waals surface area contributed by atoms with Gasteiger partial charge >= 0.3 is 0 Å². The first-order valence-corrected chi connectivity index (χ1v) is 6.71. The Kier molecular flexibility index (Phi) is 2.97. The predicted molar refractivity (Wildman–Crippen MR) is 69.6 cm³/mol. The molecule has 0 radical (unpaired) electrons. The topological polar surface area (TPSA) is 36.3 Å². The van der Waals surface area contributed by atoms with Crippen molar-refractivity contribution in [2.45, 2.75) is 19.3 Å². The van der Waals surface area contributed by atoms with E-state index in [0.717, 1.165) is 31.0 Å². The van der Waals surface area contributed by atoms with E-state index in [4.69, 9.17) is 10.00 Å². The lowest BCUT2D eigenvalue weighted by molar-refractivity contribution is 0.213. The largest absolute Gasteiger partial charge is 0.493 e. The molecule has 2 heterocycles. The summed E-state index contributed by atoms with van der Waals surface area (Å²) in [5.74, 6) is 2.13. The maximum atomic E-state index is 9.01. The van der Waals surface area contributed by atoms with Crippen LogP contribution >= 0.6 is 0 Å². The molecule has 0 bridgehead atoms. The van der Waals surface area contributed by atoms with E-state index in [9.17, 15) is 0 Å². The number of nitriles is 1. The molecular formula is C15H18N2O. The summed E-state index contributed by atoms with van der Waals surface area (Å²) in [5.41, 5.74) is 1.98. The number of nitrogens with zero attached hydrogens (tertiary/aromatic N) is 2. The molecule has 1 aromatic carbocycles. The highest BCUT2D eigenvalue weighted by Crippen LogP contribution is 2.41. The molecule has 1 saturated heterocycles. The van der Waals surface area contributed by atoms with Crippen LogP contribution in [0.25, 0.3) is 0 Å². The van der Waals surface area contributed by atoms with E-state index < -0.39 is 0 Å². The maximum absolute atomic E-state index is 9.01. The Morgan fingerprint density at radius 3 is 3.11 bits per heavy atom. The molecule has 18 heavy (non-hydrogen) atoms. The molecule has 2 aliphatic rings. The Bertz CT molecular complexity index is 492. The van der Waals surface area contributed by atoms with Gasteiger partial charge in [0.05, 0.1) is 18.2 Å². The van der Waals surface area contributed by atoms with Crippen LogP contribution < -0.4 is 4.74 Å². The van der Waals surface area contributed by atoms with Crippen LogP contribution in [0.3, 0.4) is 0 Å². The zero-order valence-corrected chi connectivity index (χ0v) is 10.7. The third-order valence-corrected chi connectivity index (χ3v) is 4.05. The molecule has 0 aliphatic carbocycles. The molecule has 3 rings (SSSR count). The van der Waals surface area contributed by atoms with Crippen molar-refractivity contribution in [1.29, 1.82) is 5.26 Å². The van der Waals surface area contributed by atoms with Crippen LogP contribution in [0.1, 0.15) is 30.4 Å². The van der Waals surface area contributed by atoms with Crippen molar-refractivity contribution < 1.29 is 4.74 Å². The fourth-order valence-electron chi connectivity index (χ4n) is 3.22. The van der Waals surface area contributed by atoms with E-state index in [0.29, 0.717) is 11.8 Å². The van der Waals surface area contributed by atoms with Gasteiger partial charge in [-0.15, -0.1) is 0 Å².